The summed E-state index contributed by atoms with van der Waals surface area (Å²) in [5.74, 6) is 1.01. The van der Waals surface area contributed by atoms with Gasteiger partial charge in [-0.3, -0.25) is 0 Å². The highest BCUT2D eigenvalue weighted by Gasteiger charge is 2.42. The van der Waals surface area contributed by atoms with Gasteiger partial charge in [0.25, 0.3) is 0 Å². The Morgan fingerprint density at radius 2 is 1.90 bits per heavy atom. The van der Waals surface area contributed by atoms with Crippen molar-refractivity contribution >= 4 is 0 Å². The number of likely N-dealkylation sites (tertiary alicyclic amines) is 1. The molecule has 2 heteroatoms. The van der Waals surface area contributed by atoms with Crippen LogP contribution in [0.5, 0.6) is 0 Å². The fourth-order valence-corrected chi connectivity index (χ4v) is 3.33. The molecule has 1 aliphatic heterocycles. The summed E-state index contributed by atoms with van der Waals surface area (Å²) in [6.45, 7) is 11.1. The van der Waals surface area contributed by atoms with Crippen LogP contribution in [0.1, 0.15) is 46.1 Å². The lowest BCUT2D eigenvalue weighted by Crippen LogP contribution is -2.53. The van der Waals surface area contributed by atoms with Crippen LogP contribution in [0.2, 0.25) is 0 Å². The smallest absolute Gasteiger partial charge is 0.0948 e. The van der Waals surface area contributed by atoms with Crippen molar-refractivity contribution in [1.82, 2.24) is 4.90 Å². The summed E-state index contributed by atoms with van der Waals surface area (Å²) in [7, 11) is 0. The minimum atomic E-state index is -0.672. The van der Waals surface area contributed by atoms with Crippen LogP contribution < -0.4 is 0 Å². The summed E-state index contributed by atoms with van der Waals surface area (Å²) in [5.41, 5.74) is 0.400. The number of benzene rings is 1. The van der Waals surface area contributed by atoms with Crippen molar-refractivity contribution in [2.45, 2.75) is 52.2 Å². The minimum absolute atomic E-state index is 0.272. The predicted molar refractivity (Wildman–Crippen MR) is 84.6 cm³/mol. The van der Waals surface area contributed by atoms with E-state index in [1.807, 2.05) is 18.2 Å². The molecule has 1 aromatic rings. The number of aliphatic hydroxyl groups is 1. The van der Waals surface area contributed by atoms with Crippen molar-refractivity contribution < 1.29 is 5.11 Å². The Hall–Kier alpha value is -0.860. The highest BCUT2D eigenvalue weighted by molar-refractivity contribution is 5.24. The molecule has 1 aromatic carbocycles. The minimum Gasteiger partial charge on any atom is -0.385 e. The highest BCUT2D eigenvalue weighted by atomic mass is 16.3. The topological polar surface area (TPSA) is 23.5 Å². The Morgan fingerprint density at radius 3 is 2.50 bits per heavy atom. The summed E-state index contributed by atoms with van der Waals surface area (Å²) in [6, 6.07) is 10.6. The lowest BCUT2D eigenvalue weighted by Gasteiger charge is -2.47. The zero-order chi connectivity index (χ0) is 14.8. The van der Waals surface area contributed by atoms with Crippen LogP contribution in [0, 0.1) is 11.8 Å². The van der Waals surface area contributed by atoms with Gasteiger partial charge in [0.1, 0.15) is 0 Å². The molecule has 1 N–H and O–H groups in total. The van der Waals surface area contributed by atoms with Crippen molar-refractivity contribution in [3.8, 4) is 0 Å². The van der Waals surface area contributed by atoms with Crippen LogP contribution in [0.4, 0.5) is 0 Å². The summed E-state index contributed by atoms with van der Waals surface area (Å²) in [4.78, 5) is 2.54. The van der Waals surface area contributed by atoms with E-state index in [2.05, 4.69) is 44.7 Å². The Kier molecular flexibility index (Phi) is 4.87. The van der Waals surface area contributed by atoms with Gasteiger partial charge in [-0.25, -0.2) is 0 Å². The molecule has 0 saturated carbocycles. The van der Waals surface area contributed by atoms with Crippen LogP contribution in [0.3, 0.4) is 0 Å². The first-order valence-electron chi connectivity index (χ1n) is 7.95. The standard InChI is InChI=1S/C18H29NO/c1-14(2)10-11-19-13-15(3)18(20,12-16(19)4)17-8-6-5-7-9-17/h5-9,14-16,20H,10-13H2,1-4H3/t15-,16+,18-/m1/s1. The molecule has 112 valence electrons. The van der Waals surface area contributed by atoms with Crippen molar-refractivity contribution in [2.24, 2.45) is 11.8 Å². The SMILES string of the molecule is CC(C)CCN1C[C@@H](C)[C@@](O)(c2ccccc2)C[C@@H]1C. The number of hydrogen-bond acceptors (Lipinski definition) is 2. The van der Waals surface area contributed by atoms with Crippen molar-refractivity contribution in [3.05, 3.63) is 35.9 Å². The third-order valence-corrected chi connectivity index (χ3v) is 4.82. The number of hydrogen-bond donors (Lipinski definition) is 1. The molecule has 0 aliphatic carbocycles. The maximum absolute atomic E-state index is 11.2. The highest BCUT2D eigenvalue weighted by Crippen LogP contribution is 2.39. The monoisotopic (exact) mass is 275 g/mol. The summed E-state index contributed by atoms with van der Waals surface area (Å²) in [6.07, 6.45) is 2.07. The normalized spacial score (nSPS) is 31.7. The van der Waals surface area contributed by atoms with Gasteiger partial charge in [-0.1, -0.05) is 51.1 Å². The van der Waals surface area contributed by atoms with Crippen LogP contribution in [0.15, 0.2) is 30.3 Å². The van der Waals surface area contributed by atoms with E-state index in [1.165, 1.54) is 6.42 Å². The third-order valence-electron chi connectivity index (χ3n) is 4.82. The molecule has 0 bridgehead atoms. The molecule has 1 saturated heterocycles. The lowest BCUT2D eigenvalue weighted by molar-refractivity contribution is -0.0911. The van der Waals surface area contributed by atoms with Gasteiger partial charge in [-0.15, -0.1) is 0 Å². The summed E-state index contributed by atoms with van der Waals surface area (Å²) >= 11 is 0. The third kappa shape index (κ3) is 3.24. The van der Waals surface area contributed by atoms with E-state index < -0.39 is 5.60 Å². The van der Waals surface area contributed by atoms with Gasteiger partial charge in [0.2, 0.25) is 0 Å². The Bertz CT molecular complexity index is 417. The van der Waals surface area contributed by atoms with Gasteiger partial charge < -0.3 is 10.0 Å². The first-order chi connectivity index (χ1) is 9.43. The summed E-state index contributed by atoms with van der Waals surface area (Å²) < 4.78 is 0. The Balaban J connectivity index is 2.09. The van der Waals surface area contributed by atoms with E-state index in [-0.39, 0.29) is 5.92 Å². The molecule has 0 spiro atoms. The molecule has 1 aliphatic rings. The van der Waals surface area contributed by atoms with Gasteiger partial charge >= 0.3 is 0 Å². The van der Waals surface area contributed by atoms with E-state index in [1.54, 1.807) is 0 Å². The second-order valence-electron chi connectivity index (χ2n) is 6.92. The Labute approximate surface area is 123 Å². The second-order valence-corrected chi connectivity index (χ2v) is 6.92. The molecule has 1 heterocycles. The average molecular weight is 275 g/mol. The molecular formula is C18H29NO. The first-order valence-corrected chi connectivity index (χ1v) is 7.95. The van der Waals surface area contributed by atoms with Gasteiger partial charge in [0.15, 0.2) is 0 Å². The molecule has 0 radical (unpaired) electrons. The molecule has 1 fully saturated rings. The molecule has 0 aromatic heterocycles. The fourth-order valence-electron chi connectivity index (χ4n) is 3.33. The van der Waals surface area contributed by atoms with E-state index in [9.17, 15) is 5.11 Å². The number of rotatable bonds is 4. The average Bonchev–Trinajstić information content (AvgIpc) is 2.42. The van der Waals surface area contributed by atoms with E-state index in [0.29, 0.717) is 6.04 Å². The van der Waals surface area contributed by atoms with E-state index >= 15 is 0 Å². The van der Waals surface area contributed by atoms with Gasteiger partial charge in [0.05, 0.1) is 5.60 Å². The zero-order valence-electron chi connectivity index (χ0n) is 13.3. The molecule has 3 atom stereocenters. The van der Waals surface area contributed by atoms with Gasteiger partial charge in [-0.05, 0) is 37.8 Å². The first kappa shape index (κ1) is 15.5. The maximum Gasteiger partial charge on any atom is 0.0948 e. The predicted octanol–water partition coefficient (Wildman–Crippen LogP) is 3.65. The molecule has 20 heavy (non-hydrogen) atoms. The zero-order valence-corrected chi connectivity index (χ0v) is 13.3. The van der Waals surface area contributed by atoms with Crippen molar-refractivity contribution in [1.29, 1.82) is 0 Å². The lowest BCUT2D eigenvalue weighted by atomic mass is 9.74. The summed E-state index contributed by atoms with van der Waals surface area (Å²) in [5, 5.41) is 11.2. The van der Waals surface area contributed by atoms with Crippen LogP contribution in [0.25, 0.3) is 0 Å². The second kappa shape index (κ2) is 6.28. The van der Waals surface area contributed by atoms with Gasteiger partial charge in [-0.2, -0.15) is 0 Å². The van der Waals surface area contributed by atoms with Gasteiger partial charge in [0, 0.05) is 18.5 Å². The van der Waals surface area contributed by atoms with Crippen LogP contribution in [-0.4, -0.2) is 29.1 Å². The molecule has 0 unspecified atom stereocenters. The van der Waals surface area contributed by atoms with Crippen molar-refractivity contribution in [3.63, 3.8) is 0 Å². The fraction of sp³-hybridized carbons (Fsp3) is 0.667. The Morgan fingerprint density at radius 1 is 1.25 bits per heavy atom. The van der Waals surface area contributed by atoms with Crippen molar-refractivity contribution in [2.75, 3.05) is 13.1 Å². The largest absolute Gasteiger partial charge is 0.385 e. The van der Waals surface area contributed by atoms with Crippen LogP contribution >= 0.6 is 0 Å². The van der Waals surface area contributed by atoms with Crippen LogP contribution in [-0.2, 0) is 5.60 Å². The quantitative estimate of drug-likeness (QED) is 0.906. The number of piperidine rings is 1. The molecule has 2 rings (SSSR count). The van der Waals surface area contributed by atoms with E-state index in [0.717, 1.165) is 31.0 Å². The number of nitrogens with zero attached hydrogens (tertiary/aromatic N) is 1. The maximum atomic E-state index is 11.2. The molecular weight excluding hydrogens is 246 g/mol. The van der Waals surface area contributed by atoms with E-state index in [4.69, 9.17) is 0 Å². The molecule has 2 nitrogen and oxygen atoms in total. The molecule has 0 amide bonds.